The number of thiophene rings is 1. The van der Waals surface area contributed by atoms with Gasteiger partial charge in [-0.3, -0.25) is 0 Å². The average molecular weight is 619 g/mol. The lowest BCUT2D eigenvalue weighted by Crippen LogP contribution is -1.91. The number of nitrogens with zero attached hydrogens (tertiary/aromatic N) is 2. The third-order valence-electron chi connectivity index (χ3n) is 9.48. The van der Waals surface area contributed by atoms with E-state index >= 15 is 0 Å². The maximum Gasteiger partial charge on any atom is 0.144 e. The summed E-state index contributed by atoms with van der Waals surface area (Å²) in [6.07, 6.45) is 0. The molecular formula is C42H22N2O2S. The highest BCUT2D eigenvalue weighted by Gasteiger charge is 2.25. The van der Waals surface area contributed by atoms with Crippen LogP contribution in [0.4, 0.5) is 0 Å². The predicted octanol–water partition coefficient (Wildman–Crippen LogP) is 12.3. The monoisotopic (exact) mass is 618 g/mol. The molecule has 0 amide bonds. The molecule has 5 heteroatoms. The molecule has 4 aromatic heterocycles. The minimum atomic E-state index is 0.857. The van der Waals surface area contributed by atoms with Crippen molar-refractivity contribution in [1.29, 1.82) is 0 Å². The van der Waals surface area contributed by atoms with E-state index in [1.54, 1.807) is 11.3 Å². The third-order valence-corrected chi connectivity index (χ3v) is 10.7. The Balaban J connectivity index is 1.33. The van der Waals surface area contributed by atoms with Gasteiger partial charge in [0.2, 0.25) is 0 Å². The maximum absolute atomic E-state index is 6.57. The van der Waals surface area contributed by atoms with Crippen LogP contribution in [-0.4, -0.2) is 9.97 Å². The van der Waals surface area contributed by atoms with Crippen molar-refractivity contribution in [3.8, 4) is 20.9 Å². The highest BCUT2D eigenvalue weighted by Crippen LogP contribution is 2.49. The van der Waals surface area contributed by atoms with Crippen molar-refractivity contribution < 1.29 is 8.83 Å². The molecule has 0 fully saturated rings. The van der Waals surface area contributed by atoms with Crippen molar-refractivity contribution in [2.45, 2.75) is 0 Å². The van der Waals surface area contributed by atoms with Crippen molar-refractivity contribution in [2.75, 3.05) is 0 Å². The molecule has 0 aliphatic heterocycles. The van der Waals surface area contributed by atoms with Crippen molar-refractivity contribution in [1.82, 2.24) is 9.97 Å². The van der Waals surface area contributed by atoms with E-state index in [9.17, 15) is 0 Å². The Hall–Kier alpha value is -6.04. The molecule has 11 aromatic rings. The third kappa shape index (κ3) is 3.41. The van der Waals surface area contributed by atoms with Gasteiger partial charge in [-0.1, -0.05) is 109 Å². The van der Waals surface area contributed by atoms with Gasteiger partial charge in [0.05, 0.1) is 20.8 Å². The Morgan fingerprint density at radius 1 is 0.340 bits per heavy atom. The number of rotatable bonds is 2. The molecular weight excluding hydrogens is 597 g/mol. The summed E-state index contributed by atoms with van der Waals surface area (Å²) in [5.74, 6) is 0. The normalized spacial score (nSPS) is 12.3. The average Bonchev–Trinajstić information content (AvgIpc) is 3.82. The molecule has 0 radical (unpaired) electrons. The summed E-state index contributed by atoms with van der Waals surface area (Å²) in [6, 6.07) is 46.3. The van der Waals surface area contributed by atoms with Crippen LogP contribution < -0.4 is 0 Å². The second-order valence-electron chi connectivity index (χ2n) is 12.0. The van der Waals surface area contributed by atoms with E-state index in [-0.39, 0.29) is 0 Å². The lowest BCUT2D eigenvalue weighted by molar-refractivity contribution is 0.670. The Labute approximate surface area is 271 Å². The number of hydrogen-bond acceptors (Lipinski definition) is 5. The number of para-hydroxylation sites is 4. The molecule has 0 aliphatic rings. The van der Waals surface area contributed by atoms with Crippen molar-refractivity contribution >= 4 is 98.8 Å². The molecule has 218 valence electrons. The summed E-state index contributed by atoms with van der Waals surface area (Å²) < 4.78 is 13.1. The van der Waals surface area contributed by atoms with Crippen LogP contribution in [0.15, 0.2) is 142 Å². The highest BCUT2D eigenvalue weighted by molar-refractivity contribution is 7.21. The molecule has 4 heterocycles. The van der Waals surface area contributed by atoms with Crippen LogP contribution in [0, 0.1) is 0 Å². The van der Waals surface area contributed by atoms with Crippen molar-refractivity contribution in [2.24, 2.45) is 0 Å². The lowest BCUT2D eigenvalue weighted by Gasteiger charge is -2.10. The largest absolute Gasteiger partial charge is 0.455 e. The SMILES string of the molecule is c1ccc2c(c1)oc1c(-c3sc(-c4cccc5c4oc4ccccc45)c4nc5c6ccccc6c6ccccc6c5nc34)cccc12. The summed E-state index contributed by atoms with van der Waals surface area (Å²) in [5, 5.41) is 8.92. The molecule has 47 heavy (non-hydrogen) atoms. The molecule has 11 rings (SSSR count). The van der Waals surface area contributed by atoms with E-state index in [0.29, 0.717) is 0 Å². The van der Waals surface area contributed by atoms with E-state index in [1.807, 2.05) is 24.3 Å². The smallest absolute Gasteiger partial charge is 0.144 e. The molecule has 0 spiro atoms. The fourth-order valence-electron chi connectivity index (χ4n) is 7.39. The van der Waals surface area contributed by atoms with Crippen LogP contribution >= 0.6 is 11.3 Å². The fraction of sp³-hybridized carbons (Fsp3) is 0. The van der Waals surface area contributed by atoms with Gasteiger partial charge in [-0.05, 0) is 35.0 Å². The van der Waals surface area contributed by atoms with E-state index in [4.69, 9.17) is 18.8 Å². The zero-order valence-corrected chi connectivity index (χ0v) is 25.6. The van der Waals surface area contributed by atoms with Gasteiger partial charge in [0.15, 0.2) is 0 Å². The Bertz CT molecular complexity index is 2880. The number of aromatic nitrogens is 2. The molecule has 0 unspecified atom stereocenters. The predicted molar refractivity (Wildman–Crippen MR) is 195 cm³/mol. The fourth-order valence-corrected chi connectivity index (χ4v) is 8.62. The zero-order valence-electron chi connectivity index (χ0n) is 24.8. The maximum atomic E-state index is 6.57. The first kappa shape index (κ1) is 25.2. The highest BCUT2D eigenvalue weighted by atomic mass is 32.1. The van der Waals surface area contributed by atoms with Gasteiger partial charge >= 0.3 is 0 Å². The van der Waals surface area contributed by atoms with E-state index in [1.165, 1.54) is 10.8 Å². The number of benzene rings is 7. The molecule has 7 aromatic carbocycles. The number of fused-ring (bicyclic) bond motifs is 13. The van der Waals surface area contributed by atoms with E-state index in [2.05, 4.69) is 109 Å². The number of furan rings is 2. The van der Waals surface area contributed by atoms with Crippen LogP contribution in [0.2, 0.25) is 0 Å². The van der Waals surface area contributed by atoms with Crippen molar-refractivity contribution in [3.63, 3.8) is 0 Å². The number of hydrogen-bond donors (Lipinski definition) is 0. The molecule has 0 saturated heterocycles. The van der Waals surface area contributed by atoms with E-state index < -0.39 is 0 Å². The molecule has 0 saturated carbocycles. The van der Waals surface area contributed by atoms with Crippen molar-refractivity contribution in [3.05, 3.63) is 133 Å². The molecule has 0 bridgehead atoms. The Kier molecular flexibility index (Phi) is 4.96. The van der Waals surface area contributed by atoms with Gasteiger partial charge in [0.25, 0.3) is 0 Å². The summed E-state index contributed by atoms with van der Waals surface area (Å²) in [5.41, 5.74) is 9.00. The van der Waals surface area contributed by atoms with Crippen LogP contribution in [0.3, 0.4) is 0 Å². The summed E-state index contributed by atoms with van der Waals surface area (Å²) in [7, 11) is 0. The molecule has 0 N–H and O–H groups in total. The van der Waals surface area contributed by atoms with E-state index in [0.717, 1.165) is 97.6 Å². The minimum absolute atomic E-state index is 0.857. The summed E-state index contributed by atoms with van der Waals surface area (Å²) in [6.45, 7) is 0. The second kappa shape index (κ2) is 9.25. The van der Waals surface area contributed by atoms with Crippen LogP contribution in [0.5, 0.6) is 0 Å². The standard InChI is InChI=1S/C42H22N2O2S/c1-3-15-27-23(11-1)24-12-2-4-16-28(24)36-35(27)43-37-38(44-36)42(32-20-10-18-30-26-14-6-8-22-34(26)46-40(30)32)47-41(37)31-19-9-17-29-25-13-5-7-21-33(25)45-39(29)31/h1-22H. The topological polar surface area (TPSA) is 52.1 Å². The van der Waals surface area contributed by atoms with Gasteiger partial charge in [0, 0.05) is 43.4 Å². The minimum Gasteiger partial charge on any atom is -0.455 e. The first-order chi connectivity index (χ1) is 23.3. The van der Waals surface area contributed by atoms with Gasteiger partial charge in [-0.25, -0.2) is 9.97 Å². The first-order valence-corrected chi connectivity index (χ1v) is 16.5. The van der Waals surface area contributed by atoms with Gasteiger partial charge in [-0.2, -0.15) is 0 Å². The Morgan fingerprint density at radius 2 is 0.723 bits per heavy atom. The van der Waals surface area contributed by atoms with Gasteiger partial charge < -0.3 is 8.83 Å². The van der Waals surface area contributed by atoms with Gasteiger partial charge in [-0.15, -0.1) is 11.3 Å². The zero-order chi connectivity index (χ0) is 30.6. The lowest BCUT2D eigenvalue weighted by atomic mass is 9.99. The van der Waals surface area contributed by atoms with Crippen LogP contribution in [0.25, 0.3) is 108 Å². The quantitative estimate of drug-likeness (QED) is 0.181. The molecule has 4 nitrogen and oxygen atoms in total. The second-order valence-corrected chi connectivity index (χ2v) is 13.1. The summed E-state index contributed by atoms with van der Waals surface area (Å²) in [4.78, 5) is 13.1. The molecule has 0 atom stereocenters. The first-order valence-electron chi connectivity index (χ1n) is 15.7. The summed E-state index contributed by atoms with van der Waals surface area (Å²) >= 11 is 1.70. The van der Waals surface area contributed by atoms with Crippen LogP contribution in [-0.2, 0) is 0 Å². The van der Waals surface area contributed by atoms with Gasteiger partial charge in [0.1, 0.15) is 33.4 Å². The Morgan fingerprint density at radius 3 is 1.19 bits per heavy atom. The van der Waals surface area contributed by atoms with Crippen LogP contribution in [0.1, 0.15) is 0 Å². The molecule has 0 aliphatic carbocycles.